The maximum absolute atomic E-state index is 12.0. The van der Waals surface area contributed by atoms with Crippen molar-refractivity contribution in [3.05, 3.63) is 0 Å². The Balaban J connectivity index is 2.36. The van der Waals surface area contributed by atoms with Crippen molar-refractivity contribution < 1.29 is 14.7 Å². The molecule has 0 aromatic carbocycles. The molecule has 20 heavy (non-hydrogen) atoms. The zero-order valence-electron chi connectivity index (χ0n) is 13.2. The first-order valence-electron chi connectivity index (χ1n) is 7.44. The van der Waals surface area contributed by atoms with Gasteiger partial charge in [-0.25, -0.2) is 0 Å². The predicted molar refractivity (Wildman–Crippen MR) is 78.6 cm³/mol. The van der Waals surface area contributed by atoms with E-state index in [1.165, 1.54) is 0 Å². The van der Waals surface area contributed by atoms with E-state index < -0.39 is 5.97 Å². The lowest BCUT2D eigenvalue weighted by molar-refractivity contribution is -0.137. The van der Waals surface area contributed by atoms with Crippen LogP contribution in [0.4, 0.5) is 0 Å². The summed E-state index contributed by atoms with van der Waals surface area (Å²) in [6.45, 7) is 8.68. The highest BCUT2D eigenvalue weighted by molar-refractivity contribution is 5.77. The van der Waals surface area contributed by atoms with Crippen LogP contribution in [0.5, 0.6) is 0 Å². The number of nitrogens with zero attached hydrogens (tertiary/aromatic N) is 2. The molecule has 1 rings (SSSR count). The van der Waals surface area contributed by atoms with Crippen LogP contribution >= 0.6 is 0 Å². The summed E-state index contributed by atoms with van der Waals surface area (Å²) in [6, 6.07) is 0.297. The van der Waals surface area contributed by atoms with Gasteiger partial charge in [0.15, 0.2) is 0 Å². The van der Waals surface area contributed by atoms with Crippen molar-refractivity contribution in [1.29, 1.82) is 0 Å². The average molecular weight is 284 g/mol. The maximum Gasteiger partial charge on any atom is 0.303 e. The third-order valence-electron chi connectivity index (χ3n) is 4.14. The SMILES string of the molecule is CN(C(=O)CCCC(=O)O)C1CCN(C(C)(C)C)CC1. The second kappa shape index (κ2) is 7.07. The second-order valence-electron chi connectivity index (χ2n) is 6.64. The Labute approximate surface area is 121 Å². The number of aliphatic carboxylic acids is 1. The number of carbonyl (C=O) groups is 2. The van der Waals surface area contributed by atoms with E-state index in [1.807, 2.05) is 11.9 Å². The van der Waals surface area contributed by atoms with Crippen LogP contribution in [0.3, 0.4) is 0 Å². The zero-order chi connectivity index (χ0) is 15.3. The average Bonchev–Trinajstić information content (AvgIpc) is 2.36. The van der Waals surface area contributed by atoms with Gasteiger partial charge in [-0.15, -0.1) is 0 Å². The number of carboxylic acid groups (broad SMARTS) is 1. The Morgan fingerprint density at radius 3 is 2.20 bits per heavy atom. The summed E-state index contributed by atoms with van der Waals surface area (Å²) < 4.78 is 0. The molecule has 0 saturated carbocycles. The molecule has 0 aromatic heterocycles. The topological polar surface area (TPSA) is 60.9 Å². The minimum absolute atomic E-state index is 0.0699. The highest BCUT2D eigenvalue weighted by atomic mass is 16.4. The Hall–Kier alpha value is -1.10. The van der Waals surface area contributed by atoms with Crippen LogP contribution in [-0.2, 0) is 9.59 Å². The lowest BCUT2D eigenvalue weighted by Gasteiger charge is -2.43. The molecule has 0 radical (unpaired) electrons. The number of carbonyl (C=O) groups excluding carboxylic acids is 1. The molecule has 1 heterocycles. The van der Waals surface area contributed by atoms with Crippen molar-refractivity contribution in [2.24, 2.45) is 0 Å². The van der Waals surface area contributed by atoms with E-state index in [1.54, 1.807) is 0 Å². The van der Waals surface area contributed by atoms with Crippen LogP contribution in [0.25, 0.3) is 0 Å². The van der Waals surface area contributed by atoms with E-state index in [-0.39, 0.29) is 17.9 Å². The van der Waals surface area contributed by atoms with Gasteiger partial charge in [-0.05, 0) is 40.0 Å². The minimum atomic E-state index is -0.834. The molecule has 1 fully saturated rings. The smallest absolute Gasteiger partial charge is 0.303 e. The van der Waals surface area contributed by atoms with Gasteiger partial charge in [0.2, 0.25) is 5.91 Å². The summed E-state index contributed by atoms with van der Waals surface area (Å²) >= 11 is 0. The van der Waals surface area contributed by atoms with E-state index in [0.717, 1.165) is 25.9 Å². The maximum atomic E-state index is 12.0. The zero-order valence-corrected chi connectivity index (χ0v) is 13.2. The van der Waals surface area contributed by atoms with E-state index in [4.69, 9.17) is 5.11 Å². The van der Waals surface area contributed by atoms with Crippen LogP contribution in [0.2, 0.25) is 0 Å². The second-order valence-corrected chi connectivity index (χ2v) is 6.64. The third-order valence-corrected chi connectivity index (χ3v) is 4.14. The molecule has 0 bridgehead atoms. The molecule has 1 aliphatic heterocycles. The molecule has 1 saturated heterocycles. The number of likely N-dealkylation sites (tertiary alicyclic amines) is 1. The first-order chi connectivity index (χ1) is 9.21. The van der Waals surface area contributed by atoms with Gasteiger partial charge in [0.05, 0.1) is 0 Å². The van der Waals surface area contributed by atoms with Crippen LogP contribution in [0.1, 0.15) is 52.9 Å². The van der Waals surface area contributed by atoms with Crippen LogP contribution in [0, 0.1) is 0 Å². The molecule has 5 heteroatoms. The van der Waals surface area contributed by atoms with Gasteiger partial charge in [-0.1, -0.05) is 0 Å². The molecule has 116 valence electrons. The molecule has 0 spiro atoms. The van der Waals surface area contributed by atoms with Gasteiger partial charge in [0.25, 0.3) is 0 Å². The van der Waals surface area contributed by atoms with Gasteiger partial charge < -0.3 is 10.0 Å². The highest BCUT2D eigenvalue weighted by Gasteiger charge is 2.29. The Bertz CT molecular complexity index is 342. The summed E-state index contributed by atoms with van der Waals surface area (Å²) in [5.74, 6) is -0.764. The molecular formula is C15H28N2O3. The highest BCUT2D eigenvalue weighted by Crippen LogP contribution is 2.22. The molecule has 1 amide bonds. The van der Waals surface area contributed by atoms with Crippen molar-refractivity contribution in [1.82, 2.24) is 9.80 Å². The Kier molecular flexibility index (Phi) is 5.99. The fourth-order valence-corrected chi connectivity index (χ4v) is 2.69. The number of hydrogen-bond acceptors (Lipinski definition) is 3. The largest absolute Gasteiger partial charge is 0.481 e. The molecule has 5 nitrogen and oxygen atoms in total. The van der Waals surface area contributed by atoms with Crippen LogP contribution < -0.4 is 0 Å². The first-order valence-corrected chi connectivity index (χ1v) is 7.44. The number of piperidine rings is 1. The number of carboxylic acids is 1. The van der Waals surface area contributed by atoms with Gasteiger partial charge in [-0.3, -0.25) is 14.5 Å². The van der Waals surface area contributed by atoms with Gasteiger partial charge in [0.1, 0.15) is 0 Å². The summed E-state index contributed by atoms with van der Waals surface area (Å²) in [4.78, 5) is 26.7. The fraction of sp³-hybridized carbons (Fsp3) is 0.867. The van der Waals surface area contributed by atoms with E-state index in [9.17, 15) is 9.59 Å². The standard InChI is InChI=1S/C15H28N2O3/c1-15(2,3)17-10-8-12(9-11-17)16(4)13(18)6-5-7-14(19)20/h12H,5-11H2,1-4H3,(H,19,20). The molecule has 0 aromatic rings. The molecule has 0 atom stereocenters. The predicted octanol–water partition coefficient (Wildman–Crippen LogP) is 1.96. The van der Waals surface area contributed by atoms with Crippen molar-refractivity contribution >= 4 is 11.9 Å². The summed E-state index contributed by atoms with van der Waals surface area (Å²) in [5.41, 5.74) is 0.190. The quantitative estimate of drug-likeness (QED) is 0.838. The van der Waals surface area contributed by atoms with Crippen molar-refractivity contribution in [2.45, 2.75) is 64.5 Å². The fourth-order valence-electron chi connectivity index (χ4n) is 2.69. The summed E-state index contributed by atoms with van der Waals surface area (Å²) in [5, 5.41) is 8.59. The number of rotatable bonds is 5. The van der Waals surface area contributed by atoms with Crippen LogP contribution in [0.15, 0.2) is 0 Å². The first kappa shape index (κ1) is 17.0. The molecule has 1 aliphatic rings. The number of hydrogen-bond donors (Lipinski definition) is 1. The summed E-state index contributed by atoms with van der Waals surface area (Å²) in [7, 11) is 1.85. The minimum Gasteiger partial charge on any atom is -0.481 e. The lowest BCUT2D eigenvalue weighted by atomic mass is 9.97. The Morgan fingerprint density at radius 1 is 1.20 bits per heavy atom. The van der Waals surface area contributed by atoms with E-state index in [0.29, 0.717) is 18.9 Å². The van der Waals surface area contributed by atoms with Crippen molar-refractivity contribution in [3.8, 4) is 0 Å². The van der Waals surface area contributed by atoms with Crippen molar-refractivity contribution in [3.63, 3.8) is 0 Å². The molecule has 0 aliphatic carbocycles. The molecule has 1 N–H and O–H groups in total. The van der Waals surface area contributed by atoms with E-state index in [2.05, 4.69) is 25.7 Å². The summed E-state index contributed by atoms with van der Waals surface area (Å²) in [6.07, 6.45) is 2.83. The Morgan fingerprint density at radius 2 is 1.75 bits per heavy atom. The van der Waals surface area contributed by atoms with Crippen LogP contribution in [-0.4, -0.2) is 58.5 Å². The monoisotopic (exact) mass is 284 g/mol. The third kappa shape index (κ3) is 5.12. The lowest BCUT2D eigenvalue weighted by Crippen LogP contribution is -2.51. The van der Waals surface area contributed by atoms with Crippen molar-refractivity contribution in [2.75, 3.05) is 20.1 Å². The van der Waals surface area contributed by atoms with Gasteiger partial charge in [-0.2, -0.15) is 0 Å². The van der Waals surface area contributed by atoms with Gasteiger partial charge in [0, 0.05) is 44.6 Å². The van der Waals surface area contributed by atoms with E-state index >= 15 is 0 Å². The molecule has 0 unspecified atom stereocenters. The molecular weight excluding hydrogens is 256 g/mol. The van der Waals surface area contributed by atoms with Gasteiger partial charge >= 0.3 is 5.97 Å². The normalized spacial score (nSPS) is 18.0. The number of amides is 1.